The van der Waals surface area contributed by atoms with Crippen LogP contribution < -0.4 is 10.3 Å². The van der Waals surface area contributed by atoms with Crippen LogP contribution in [0.3, 0.4) is 0 Å². The number of aliphatic hydroxyl groups excluding tert-OH is 1. The number of piperidine rings is 1. The van der Waals surface area contributed by atoms with Gasteiger partial charge in [0.25, 0.3) is 0 Å². The number of hydrogen-bond donors (Lipinski definition) is 3. The predicted octanol–water partition coefficient (Wildman–Crippen LogP) is 5.41. The summed E-state index contributed by atoms with van der Waals surface area (Å²) in [4.78, 5) is 30.6. The molecular formula is C29H36Cl3N3O6. The van der Waals surface area contributed by atoms with Gasteiger partial charge in [0.2, 0.25) is 0 Å². The van der Waals surface area contributed by atoms with Gasteiger partial charge in [-0.15, -0.1) is 24.8 Å². The number of phenols is 1. The molecule has 0 aliphatic carbocycles. The summed E-state index contributed by atoms with van der Waals surface area (Å²) in [5.41, 5.74) is 1.69. The summed E-state index contributed by atoms with van der Waals surface area (Å²) in [6.07, 6.45) is 1.31. The second-order valence-electron chi connectivity index (χ2n) is 10.7. The highest BCUT2D eigenvalue weighted by atomic mass is 35.5. The number of hydrogen-bond acceptors (Lipinski definition) is 7. The van der Waals surface area contributed by atoms with E-state index in [0.29, 0.717) is 47.9 Å². The second-order valence-corrected chi connectivity index (χ2v) is 11.1. The summed E-state index contributed by atoms with van der Waals surface area (Å²) >= 11 is 6.45. The number of nitrogens with zero attached hydrogens (tertiary/aromatic N) is 3. The maximum atomic E-state index is 13.4. The van der Waals surface area contributed by atoms with Gasteiger partial charge < -0.3 is 34.4 Å². The number of aromatic hydroxyl groups is 1. The number of carbonyl (C=O) groups is 1. The number of benzene rings is 2. The number of rotatable bonds is 4. The molecule has 3 atom stereocenters. The monoisotopic (exact) mass is 627 g/mol. The molecule has 3 N–H and O–H groups in total. The van der Waals surface area contributed by atoms with Crippen molar-refractivity contribution in [2.75, 3.05) is 45.2 Å². The number of phenolic OH excluding ortho intramolecular Hbond substituents is 1. The largest absolute Gasteiger partial charge is 0.507 e. The van der Waals surface area contributed by atoms with Crippen molar-refractivity contribution in [3.8, 4) is 17.1 Å². The van der Waals surface area contributed by atoms with Gasteiger partial charge in [0.1, 0.15) is 22.5 Å². The van der Waals surface area contributed by atoms with Crippen molar-refractivity contribution in [2.24, 2.45) is 0 Å². The highest BCUT2D eigenvalue weighted by molar-refractivity contribution is 6.33. The van der Waals surface area contributed by atoms with Gasteiger partial charge in [-0.2, -0.15) is 0 Å². The van der Waals surface area contributed by atoms with Crippen LogP contribution in [0.5, 0.6) is 5.75 Å². The molecule has 2 saturated heterocycles. The Morgan fingerprint density at radius 3 is 2.51 bits per heavy atom. The van der Waals surface area contributed by atoms with Crippen LogP contribution in [-0.2, 0) is 0 Å². The summed E-state index contributed by atoms with van der Waals surface area (Å²) in [7, 11) is 3.52. The lowest BCUT2D eigenvalue weighted by Crippen LogP contribution is -2.44. The SMILES string of the molecule is CN1CC[C@H](c2c(N3CCCCC(N(C)C(=O)O)C3)cc(O)c3c(=O)cc(-c4ccccc4Cl)oc23)[C@H](O)C1.Cl.Cl. The van der Waals surface area contributed by atoms with Gasteiger partial charge in [-0.3, -0.25) is 4.79 Å². The molecule has 0 saturated carbocycles. The maximum Gasteiger partial charge on any atom is 0.407 e. The fraction of sp³-hybridized carbons (Fsp3) is 0.448. The Labute approximate surface area is 256 Å². The molecule has 41 heavy (non-hydrogen) atoms. The average molecular weight is 629 g/mol. The van der Waals surface area contributed by atoms with Crippen LogP contribution in [0.4, 0.5) is 10.5 Å². The Balaban J connectivity index is 0.00000231. The topological polar surface area (TPSA) is 118 Å². The van der Waals surface area contributed by atoms with Crippen LogP contribution in [0.15, 0.2) is 45.6 Å². The van der Waals surface area contributed by atoms with Crippen molar-refractivity contribution in [2.45, 2.75) is 43.7 Å². The standard InChI is InChI=1S/C29H34ClN3O6.2ClH/c1-31-12-10-19(24(36)16-31)26-21(33-11-6-5-7-17(15-33)32(2)29(37)38)13-22(34)27-23(35)14-25(39-28(26)27)18-8-3-4-9-20(18)30;;/h3-4,8-9,13-14,17,19,24,34,36H,5-7,10-12,15-16H2,1-2H3,(H,37,38);2*1H/t17?,19-,24+;;/m0../s1. The van der Waals surface area contributed by atoms with E-state index in [1.165, 1.54) is 11.0 Å². The molecule has 1 amide bonds. The van der Waals surface area contributed by atoms with Crippen LogP contribution >= 0.6 is 36.4 Å². The van der Waals surface area contributed by atoms with E-state index in [4.69, 9.17) is 16.0 Å². The molecular weight excluding hydrogens is 593 g/mol. The first-order valence-electron chi connectivity index (χ1n) is 13.3. The zero-order chi connectivity index (χ0) is 27.8. The first-order chi connectivity index (χ1) is 18.7. The van der Waals surface area contributed by atoms with Gasteiger partial charge in [0, 0.05) is 61.5 Å². The molecule has 0 spiro atoms. The van der Waals surface area contributed by atoms with Gasteiger partial charge in [0.15, 0.2) is 5.43 Å². The van der Waals surface area contributed by atoms with Crippen molar-refractivity contribution >= 4 is 59.2 Å². The first kappa shape index (κ1) is 32.8. The molecule has 1 unspecified atom stereocenters. The van der Waals surface area contributed by atoms with Crippen molar-refractivity contribution in [1.29, 1.82) is 0 Å². The number of amides is 1. The lowest BCUT2D eigenvalue weighted by Gasteiger charge is -2.38. The van der Waals surface area contributed by atoms with Crippen LogP contribution in [0.1, 0.15) is 37.2 Å². The van der Waals surface area contributed by atoms with Gasteiger partial charge in [-0.05, 0) is 51.4 Å². The maximum absolute atomic E-state index is 13.4. The third-order valence-electron chi connectivity index (χ3n) is 8.13. The number of aliphatic hydroxyl groups is 1. The zero-order valence-corrected chi connectivity index (χ0v) is 25.3. The van der Waals surface area contributed by atoms with Gasteiger partial charge in [-0.25, -0.2) is 4.79 Å². The molecule has 12 heteroatoms. The van der Waals surface area contributed by atoms with Crippen LogP contribution in [0.25, 0.3) is 22.3 Å². The average Bonchev–Trinajstić information content (AvgIpc) is 3.15. The van der Waals surface area contributed by atoms with E-state index in [9.17, 15) is 24.9 Å². The third kappa shape index (κ3) is 6.54. The van der Waals surface area contributed by atoms with Crippen molar-refractivity contribution in [3.63, 3.8) is 0 Å². The summed E-state index contributed by atoms with van der Waals surface area (Å²) in [6, 6.07) is 9.74. The molecule has 2 aromatic carbocycles. The number of halogens is 3. The predicted molar refractivity (Wildman–Crippen MR) is 166 cm³/mol. The van der Waals surface area contributed by atoms with Gasteiger partial charge in [-0.1, -0.05) is 23.7 Å². The molecule has 0 bridgehead atoms. The van der Waals surface area contributed by atoms with Crippen LogP contribution in [0, 0.1) is 0 Å². The van der Waals surface area contributed by atoms with Crippen LogP contribution in [-0.4, -0.2) is 83.6 Å². The second kappa shape index (κ2) is 13.5. The molecule has 5 rings (SSSR count). The van der Waals surface area contributed by atoms with E-state index in [0.717, 1.165) is 25.8 Å². The van der Waals surface area contributed by atoms with Crippen molar-refractivity contribution < 1.29 is 24.5 Å². The molecule has 2 fully saturated rings. The van der Waals surface area contributed by atoms with Gasteiger partial charge in [0.05, 0.1) is 17.2 Å². The molecule has 3 aromatic rings. The number of likely N-dealkylation sites (tertiary alicyclic amines) is 1. The Bertz CT molecular complexity index is 1450. The normalized spacial score (nSPS) is 21.5. The highest BCUT2D eigenvalue weighted by Crippen LogP contribution is 2.44. The minimum atomic E-state index is -0.996. The van der Waals surface area contributed by atoms with E-state index >= 15 is 0 Å². The van der Waals surface area contributed by atoms with E-state index in [2.05, 4.69) is 9.80 Å². The lowest BCUT2D eigenvalue weighted by atomic mass is 9.84. The minimum Gasteiger partial charge on any atom is -0.507 e. The van der Waals surface area contributed by atoms with E-state index in [1.807, 2.05) is 7.05 Å². The summed E-state index contributed by atoms with van der Waals surface area (Å²) in [5, 5.41) is 32.6. The summed E-state index contributed by atoms with van der Waals surface area (Å²) in [5.74, 6) is -0.293. The third-order valence-corrected chi connectivity index (χ3v) is 8.46. The van der Waals surface area contributed by atoms with Crippen molar-refractivity contribution in [3.05, 3.63) is 57.2 Å². The number of β-amino-alcohol motifs (C(OH)–C–C–N with tert-alkyl or cyclic N) is 1. The van der Waals surface area contributed by atoms with Crippen LogP contribution in [0.2, 0.25) is 5.02 Å². The number of anilines is 1. The summed E-state index contributed by atoms with van der Waals surface area (Å²) in [6.45, 7) is 2.24. The number of fused-ring (bicyclic) bond motifs is 1. The minimum absolute atomic E-state index is 0. The fourth-order valence-corrected chi connectivity index (χ4v) is 6.20. The molecule has 0 radical (unpaired) electrons. The molecule has 3 heterocycles. The van der Waals surface area contributed by atoms with E-state index in [1.54, 1.807) is 37.4 Å². The molecule has 9 nitrogen and oxygen atoms in total. The Hall–Kier alpha value is -2.69. The smallest absolute Gasteiger partial charge is 0.407 e. The Kier molecular flexibility index (Phi) is 10.8. The highest BCUT2D eigenvalue weighted by Gasteiger charge is 2.35. The first-order valence-corrected chi connectivity index (χ1v) is 13.7. The zero-order valence-electron chi connectivity index (χ0n) is 23.0. The number of carboxylic acid groups (broad SMARTS) is 1. The Morgan fingerprint density at radius 2 is 1.83 bits per heavy atom. The summed E-state index contributed by atoms with van der Waals surface area (Å²) < 4.78 is 6.42. The van der Waals surface area contributed by atoms with E-state index in [-0.39, 0.29) is 59.3 Å². The quantitative estimate of drug-likeness (QED) is 0.351. The molecule has 224 valence electrons. The number of likely N-dealkylation sites (N-methyl/N-ethyl adjacent to an activating group) is 2. The van der Waals surface area contributed by atoms with Gasteiger partial charge >= 0.3 is 6.09 Å². The van der Waals surface area contributed by atoms with Crippen molar-refractivity contribution in [1.82, 2.24) is 9.80 Å². The Morgan fingerprint density at radius 1 is 1.10 bits per heavy atom. The lowest BCUT2D eigenvalue weighted by molar-refractivity contribution is 0.0640. The molecule has 2 aliphatic rings. The molecule has 2 aliphatic heterocycles. The van der Waals surface area contributed by atoms with E-state index < -0.39 is 17.6 Å². The fourth-order valence-electron chi connectivity index (χ4n) is 5.97. The molecule has 1 aromatic heterocycles.